The van der Waals surface area contributed by atoms with Gasteiger partial charge < -0.3 is 10.6 Å². The Morgan fingerprint density at radius 3 is 2.94 bits per heavy atom. The number of hydrogen-bond donors (Lipinski definition) is 2. The molecule has 0 saturated carbocycles. The van der Waals surface area contributed by atoms with Gasteiger partial charge in [-0.1, -0.05) is 13.0 Å². The minimum Gasteiger partial charge on any atom is -0.334 e. The predicted octanol–water partition coefficient (Wildman–Crippen LogP) is 2.64. The zero-order valence-corrected chi connectivity index (χ0v) is 9.53. The smallest absolute Gasteiger partial charge is 0.319 e. The third-order valence-corrected chi connectivity index (χ3v) is 2.25. The van der Waals surface area contributed by atoms with Crippen LogP contribution in [-0.4, -0.2) is 12.1 Å². The highest BCUT2D eigenvalue weighted by molar-refractivity contribution is 5.89. The van der Waals surface area contributed by atoms with E-state index in [1.807, 2.05) is 13.0 Å². The summed E-state index contributed by atoms with van der Waals surface area (Å²) in [6, 6.07) is 7.00. The van der Waals surface area contributed by atoms with Crippen molar-refractivity contribution in [3.05, 3.63) is 30.1 Å². The Balaban J connectivity index is 2.52. The molecule has 1 aromatic carbocycles. The van der Waals surface area contributed by atoms with Gasteiger partial charge in [-0.2, -0.15) is 5.26 Å². The van der Waals surface area contributed by atoms with Crippen molar-refractivity contribution in [1.82, 2.24) is 5.32 Å². The molecule has 90 valence electrons. The topological polar surface area (TPSA) is 64.9 Å². The van der Waals surface area contributed by atoms with Gasteiger partial charge in [0.05, 0.1) is 12.5 Å². The molecule has 0 heterocycles. The highest BCUT2D eigenvalue weighted by atomic mass is 19.1. The van der Waals surface area contributed by atoms with Crippen molar-refractivity contribution in [2.75, 3.05) is 5.32 Å². The number of amides is 2. The predicted molar refractivity (Wildman–Crippen MR) is 62.9 cm³/mol. The molecule has 0 radical (unpaired) electrons. The summed E-state index contributed by atoms with van der Waals surface area (Å²) in [5, 5.41) is 13.7. The zero-order chi connectivity index (χ0) is 12.7. The molecule has 0 aliphatic rings. The monoisotopic (exact) mass is 235 g/mol. The molecule has 0 bridgehead atoms. The van der Waals surface area contributed by atoms with Crippen molar-refractivity contribution in [3.63, 3.8) is 0 Å². The van der Waals surface area contributed by atoms with Crippen LogP contribution in [0.15, 0.2) is 24.3 Å². The Morgan fingerprint density at radius 1 is 1.59 bits per heavy atom. The Bertz CT molecular complexity index is 428. The minimum absolute atomic E-state index is 0.187. The number of nitriles is 1. The van der Waals surface area contributed by atoms with E-state index in [-0.39, 0.29) is 12.5 Å². The summed E-state index contributed by atoms with van der Waals surface area (Å²) in [6.07, 6.45) is 0.928. The van der Waals surface area contributed by atoms with E-state index >= 15 is 0 Å². The van der Waals surface area contributed by atoms with Gasteiger partial charge in [-0.15, -0.1) is 0 Å². The van der Waals surface area contributed by atoms with E-state index in [1.165, 1.54) is 18.2 Å². The van der Waals surface area contributed by atoms with Gasteiger partial charge in [0.1, 0.15) is 5.82 Å². The average molecular weight is 235 g/mol. The number of rotatable bonds is 4. The molecule has 17 heavy (non-hydrogen) atoms. The van der Waals surface area contributed by atoms with Gasteiger partial charge in [0.25, 0.3) is 0 Å². The summed E-state index contributed by atoms with van der Waals surface area (Å²) >= 11 is 0. The molecule has 5 heteroatoms. The summed E-state index contributed by atoms with van der Waals surface area (Å²) in [5.41, 5.74) is 0.384. The van der Waals surface area contributed by atoms with Crippen molar-refractivity contribution in [3.8, 4) is 6.07 Å². The Hall–Kier alpha value is -2.09. The molecule has 1 atom stereocenters. The normalized spacial score (nSPS) is 11.4. The van der Waals surface area contributed by atoms with Crippen LogP contribution < -0.4 is 10.6 Å². The van der Waals surface area contributed by atoms with E-state index in [0.29, 0.717) is 12.1 Å². The number of hydrogen-bond acceptors (Lipinski definition) is 2. The van der Waals surface area contributed by atoms with Gasteiger partial charge in [0.15, 0.2) is 0 Å². The van der Waals surface area contributed by atoms with Crippen LogP contribution in [0.2, 0.25) is 0 Å². The van der Waals surface area contributed by atoms with Crippen molar-refractivity contribution in [2.24, 2.45) is 0 Å². The molecule has 0 saturated heterocycles. The molecule has 0 aromatic heterocycles. The average Bonchev–Trinajstić information content (AvgIpc) is 2.28. The molecular formula is C12H14FN3O. The van der Waals surface area contributed by atoms with Gasteiger partial charge in [0.2, 0.25) is 0 Å². The number of halogens is 1. The second-order valence-electron chi connectivity index (χ2n) is 3.58. The van der Waals surface area contributed by atoms with E-state index in [9.17, 15) is 9.18 Å². The lowest BCUT2D eigenvalue weighted by atomic mass is 10.2. The summed E-state index contributed by atoms with van der Waals surface area (Å²) in [5.74, 6) is -0.410. The third-order valence-electron chi connectivity index (χ3n) is 2.25. The number of nitrogens with zero attached hydrogens (tertiary/aromatic N) is 1. The molecule has 2 amide bonds. The maximum absolute atomic E-state index is 12.9. The van der Waals surface area contributed by atoms with E-state index in [0.717, 1.165) is 0 Å². The maximum atomic E-state index is 12.9. The molecule has 4 nitrogen and oxygen atoms in total. The van der Waals surface area contributed by atoms with Crippen LogP contribution in [0.4, 0.5) is 14.9 Å². The molecule has 0 aliphatic heterocycles. The number of urea groups is 1. The van der Waals surface area contributed by atoms with Crippen molar-refractivity contribution in [1.29, 1.82) is 5.26 Å². The van der Waals surface area contributed by atoms with E-state index in [1.54, 1.807) is 6.07 Å². The highest BCUT2D eigenvalue weighted by Gasteiger charge is 2.09. The maximum Gasteiger partial charge on any atom is 0.319 e. The molecule has 1 rings (SSSR count). The summed E-state index contributed by atoms with van der Waals surface area (Å²) < 4.78 is 12.9. The third kappa shape index (κ3) is 4.51. The van der Waals surface area contributed by atoms with Crippen molar-refractivity contribution < 1.29 is 9.18 Å². The Labute approximate surface area is 99.4 Å². The molecule has 1 unspecified atom stereocenters. The fraction of sp³-hybridized carbons (Fsp3) is 0.333. The van der Waals surface area contributed by atoms with E-state index < -0.39 is 11.8 Å². The fourth-order valence-electron chi connectivity index (χ4n) is 1.33. The lowest BCUT2D eigenvalue weighted by Gasteiger charge is -2.14. The van der Waals surface area contributed by atoms with Crippen molar-refractivity contribution in [2.45, 2.75) is 25.8 Å². The lowest BCUT2D eigenvalue weighted by molar-refractivity contribution is 0.248. The van der Waals surface area contributed by atoms with Gasteiger partial charge in [0, 0.05) is 11.7 Å². The Kier molecular flexibility index (Phi) is 4.95. The molecule has 0 aliphatic carbocycles. The van der Waals surface area contributed by atoms with Crippen LogP contribution in [-0.2, 0) is 0 Å². The summed E-state index contributed by atoms with van der Waals surface area (Å²) in [4.78, 5) is 11.5. The largest absolute Gasteiger partial charge is 0.334 e. The fourth-order valence-corrected chi connectivity index (χ4v) is 1.33. The first-order chi connectivity index (χ1) is 8.15. The van der Waals surface area contributed by atoms with Crippen molar-refractivity contribution >= 4 is 11.7 Å². The van der Waals surface area contributed by atoms with Crippen LogP contribution >= 0.6 is 0 Å². The van der Waals surface area contributed by atoms with Crippen LogP contribution in [0, 0.1) is 17.1 Å². The Morgan fingerprint density at radius 2 is 2.35 bits per heavy atom. The second-order valence-corrected chi connectivity index (χ2v) is 3.58. The lowest BCUT2D eigenvalue weighted by Crippen LogP contribution is -2.37. The summed E-state index contributed by atoms with van der Waals surface area (Å²) in [6.45, 7) is 1.88. The molecular weight excluding hydrogens is 221 g/mol. The standard InChI is InChI=1S/C12H14FN3O/c1-2-10(6-7-14)15-12(17)16-11-5-3-4-9(13)8-11/h3-5,8,10H,2,6H2,1H3,(H2,15,16,17). The van der Waals surface area contributed by atoms with Crippen LogP contribution in [0.1, 0.15) is 19.8 Å². The number of carbonyl (C=O) groups excluding carboxylic acids is 1. The molecule has 1 aromatic rings. The van der Waals surface area contributed by atoms with Crippen LogP contribution in [0.3, 0.4) is 0 Å². The quantitative estimate of drug-likeness (QED) is 0.842. The van der Waals surface area contributed by atoms with E-state index in [4.69, 9.17) is 5.26 Å². The molecule has 0 spiro atoms. The number of anilines is 1. The SMILES string of the molecule is CCC(CC#N)NC(=O)Nc1cccc(F)c1. The highest BCUT2D eigenvalue weighted by Crippen LogP contribution is 2.09. The van der Waals surface area contributed by atoms with Crippen LogP contribution in [0.5, 0.6) is 0 Å². The van der Waals surface area contributed by atoms with Gasteiger partial charge in [-0.25, -0.2) is 9.18 Å². The van der Waals surface area contributed by atoms with Gasteiger partial charge >= 0.3 is 6.03 Å². The number of carbonyl (C=O) groups is 1. The van der Waals surface area contributed by atoms with Crippen LogP contribution in [0.25, 0.3) is 0 Å². The number of nitrogens with one attached hydrogen (secondary N) is 2. The minimum atomic E-state index is -0.433. The molecule has 0 fully saturated rings. The first-order valence-corrected chi connectivity index (χ1v) is 5.35. The summed E-state index contributed by atoms with van der Waals surface area (Å²) in [7, 11) is 0. The number of benzene rings is 1. The van der Waals surface area contributed by atoms with Gasteiger partial charge in [-0.3, -0.25) is 0 Å². The second kappa shape index (κ2) is 6.48. The van der Waals surface area contributed by atoms with E-state index in [2.05, 4.69) is 10.6 Å². The van der Waals surface area contributed by atoms with Gasteiger partial charge in [-0.05, 0) is 24.6 Å². The zero-order valence-electron chi connectivity index (χ0n) is 9.53. The first-order valence-electron chi connectivity index (χ1n) is 5.35. The molecule has 2 N–H and O–H groups in total. The first kappa shape index (κ1) is 13.0.